The molecule has 32 heavy (non-hydrogen) atoms. The van der Waals surface area contributed by atoms with Crippen LogP contribution in [0.1, 0.15) is 23.7 Å². The summed E-state index contributed by atoms with van der Waals surface area (Å²) in [6, 6.07) is 16.3. The summed E-state index contributed by atoms with van der Waals surface area (Å²) in [7, 11) is 1.52. The van der Waals surface area contributed by atoms with E-state index in [2.05, 4.69) is 15.8 Å². The topological polar surface area (TPSA) is 92.9 Å². The number of rotatable bonds is 6. The van der Waals surface area contributed by atoms with Crippen LogP contribution in [0.5, 0.6) is 5.75 Å². The Hall–Kier alpha value is -4.20. The van der Waals surface area contributed by atoms with E-state index in [0.29, 0.717) is 22.7 Å². The molecule has 0 fully saturated rings. The van der Waals surface area contributed by atoms with E-state index in [9.17, 15) is 14.0 Å². The predicted octanol–water partition coefficient (Wildman–Crippen LogP) is 4.87. The number of furan rings is 1. The number of carbonyl (C=O) groups excluding carboxylic acids is 2. The number of hydrogen-bond donors (Lipinski definition) is 2. The number of nitrogens with one attached hydrogen (secondary N) is 2. The third kappa shape index (κ3) is 4.44. The second-order valence-corrected chi connectivity index (χ2v) is 7.17. The number of methoxy groups -OCH3 is 1. The van der Waals surface area contributed by atoms with E-state index in [1.54, 1.807) is 13.0 Å². The number of nitrogens with zero attached hydrogens (tertiary/aromatic N) is 1. The normalized spacial score (nSPS) is 11.5. The summed E-state index contributed by atoms with van der Waals surface area (Å²) < 4.78 is 24.3. The monoisotopic (exact) mass is 433 g/mol. The van der Waals surface area contributed by atoms with Gasteiger partial charge in [-0.15, -0.1) is 0 Å². The Kier molecular flexibility index (Phi) is 5.85. The molecule has 3 aromatic carbocycles. The minimum Gasteiger partial charge on any atom is -0.495 e. The second kappa shape index (κ2) is 8.89. The molecule has 0 unspecified atom stereocenters. The third-order valence-electron chi connectivity index (χ3n) is 4.84. The van der Waals surface area contributed by atoms with Crippen LogP contribution in [0.4, 0.5) is 10.1 Å². The fraction of sp³-hybridized carbons (Fsp3) is 0.125. The van der Waals surface area contributed by atoms with Crippen molar-refractivity contribution >= 4 is 45.2 Å². The maximum Gasteiger partial charge on any atom is 0.271 e. The summed E-state index contributed by atoms with van der Waals surface area (Å²) in [6.07, 6.45) is -0.0506. The van der Waals surface area contributed by atoms with Crippen LogP contribution in [-0.2, 0) is 4.79 Å². The van der Waals surface area contributed by atoms with E-state index in [1.807, 2.05) is 30.3 Å². The summed E-state index contributed by atoms with van der Waals surface area (Å²) in [4.78, 5) is 24.6. The Morgan fingerprint density at radius 2 is 1.78 bits per heavy atom. The van der Waals surface area contributed by atoms with Crippen molar-refractivity contribution in [2.75, 3.05) is 12.4 Å². The van der Waals surface area contributed by atoms with E-state index in [0.717, 1.165) is 16.4 Å². The van der Waals surface area contributed by atoms with Gasteiger partial charge in [-0.05, 0) is 43.3 Å². The van der Waals surface area contributed by atoms with Gasteiger partial charge in [-0.1, -0.05) is 18.2 Å². The minimum atomic E-state index is -0.498. The van der Waals surface area contributed by atoms with Crippen molar-refractivity contribution < 1.29 is 23.1 Å². The first kappa shape index (κ1) is 21.0. The van der Waals surface area contributed by atoms with Crippen LogP contribution in [0, 0.1) is 5.82 Å². The zero-order valence-corrected chi connectivity index (χ0v) is 17.4. The molecular formula is C24H20FN3O4. The highest BCUT2D eigenvalue weighted by molar-refractivity contribution is 6.10. The molecule has 4 aromatic rings. The molecule has 0 radical (unpaired) electrons. The average Bonchev–Trinajstić information content (AvgIpc) is 3.14. The molecule has 1 aromatic heterocycles. The number of halogens is 1. The smallest absolute Gasteiger partial charge is 0.271 e. The van der Waals surface area contributed by atoms with Gasteiger partial charge in [-0.2, -0.15) is 5.10 Å². The molecule has 0 spiro atoms. The summed E-state index contributed by atoms with van der Waals surface area (Å²) in [5.41, 5.74) is 4.84. The number of benzene rings is 3. The van der Waals surface area contributed by atoms with Gasteiger partial charge in [0, 0.05) is 28.1 Å². The molecule has 0 aliphatic heterocycles. The number of ether oxygens (including phenoxy) is 1. The van der Waals surface area contributed by atoms with Gasteiger partial charge in [0.1, 0.15) is 22.7 Å². The van der Waals surface area contributed by atoms with Gasteiger partial charge in [-0.3, -0.25) is 9.59 Å². The first-order valence-electron chi connectivity index (χ1n) is 9.83. The van der Waals surface area contributed by atoms with Gasteiger partial charge >= 0.3 is 0 Å². The lowest BCUT2D eigenvalue weighted by Crippen LogP contribution is -2.21. The van der Waals surface area contributed by atoms with Crippen LogP contribution in [0.25, 0.3) is 21.9 Å². The van der Waals surface area contributed by atoms with Crippen LogP contribution in [-0.4, -0.2) is 24.6 Å². The Balaban J connectivity index is 1.45. The van der Waals surface area contributed by atoms with Crippen molar-refractivity contribution in [2.24, 2.45) is 5.10 Å². The van der Waals surface area contributed by atoms with Gasteiger partial charge in [0.2, 0.25) is 5.91 Å². The van der Waals surface area contributed by atoms with E-state index >= 15 is 0 Å². The van der Waals surface area contributed by atoms with E-state index in [-0.39, 0.29) is 17.9 Å². The SMILES string of the molecule is COc1cc2c(cc1NC(=O)CC(C)=NNC(=O)c1ccc(F)cc1)oc1ccccc12. The summed E-state index contributed by atoms with van der Waals surface area (Å²) in [6.45, 7) is 1.62. The molecule has 0 saturated heterocycles. The summed E-state index contributed by atoms with van der Waals surface area (Å²) >= 11 is 0. The van der Waals surface area contributed by atoms with Crippen LogP contribution < -0.4 is 15.5 Å². The number of para-hydroxylation sites is 1. The molecule has 0 saturated carbocycles. The molecule has 1 heterocycles. The van der Waals surface area contributed by atoms with E-state index < -0.39 is 11.7 Å². The molecule has 162 valence electrons. The molecule has 0 aliphatic rings. The molecule has 4 rings (SSSR count). The molecular weight excluding hydrogens is 413 g/mol. The molecule has 7 nitrogen and oxygen atoms in total. The standard InChI is InChI=1S/C24H20FN3O4/c1-14(27-28-24(30)15-7-9-16(25)10-8-15)11-23(29)26-19-13-21-18(12-22(19)31-2)17-5-3-4-6-20(17)32-21/h3-10,12-13H,11H2,1-2H3,(H,26,29)(H,28,30). The number of amides is 2. The van der Waals surface area contributed by atoms with Crippen LogP contribution in [0.15, 0.2) is 70.2 Å². The Morgan fingerprint density at radius 1 is 1.03 bits per heavy atom. The highest BCUT2D eigenvalue weighted by atomic mass is 19.1. The fourth-order valence-corrected chi connectivity index (χ4v) is 3.30. The first-order chi connectivity index (χ1) is 15.4. The maximum atomic E-state index is 13.0. The third-order valence-corrected chi connectivity index (χ3v) is 4.84. The molecule has 0 atom stereocenters. The van der Waals surface area contributed by atoms with Crippen LogP contribution in [0.2, 0.25) is 0 Å². The van der Waals surface area contributed by atoms with Gasteiger partial charge in [0.15, 0.2) is 0 Å². The largest absolute Gasteiger partial charge is 0.495 e. The Morgan fingerprint density at radius 3 is 2.53 bits per heavy atom. The average molecular weight is 433 g/mol. The van der Waals surface area contributed by atoms with Gasteiger partial charge in [0.05, 0.1) is 19.2 Å². The fourth-order valence-electron chi connectivity index (χ4n) is 3.30. The van der Waals surface area contributed by atoms with Gasteiger partial charge in [0.25, 0.3) is 5.91 Å². The van der Waals surface area contributed by atoms with Crippen LogP contribution >= 0.6 is 0 Å². The zero-order chi connectivity index (χ0) is 22.7. The lowest BCUT2D eigenvalue weighted by atomic mass is 10.1. The molecule has 0 aliphatic carbocycles. The van der Waals surface area contributed by atoms with E-state index in [1.165, 1.54) is 31.4 Å². The highest BCUT2D eigenvalue weighted by Gasteiger charge is 2.15. The first-order valence-corrected chi connectivity index (χ1v) is 9.83. The molecule has 0 bridgehead atoms. The zero-order valence-electron chi connectivity index (χ0n) is 17.4. The number of hydrogen-bond acceptors (Lipinski definition) is 5. The van der Waals surface area contributed by atoms with Gasteiger partial charge < -0.3 is 14.5 Å². The lowest BCUT2D eigenvalue weighted by Gasteiger charge is -2.10. The highest BCUT2D eigenvalue weighted by Crippen LogP contribution is 2.36. The van der Waals surface area contributed by atoms with Crippen LogP contribution in [0.3, 0.4) is 0 Å². The number of fused-ring (bicyclic) bond motifs is 3. The second-order valence-electron chi connectivity index (χ2n) is 7.17. The Bertz CT molecular complexity index is 1340. The summed E-state index contributed by atoms with van der Waals surface area (Å²) in [5, 5.41) is 8.58. The van der Waals surface area contributed by atoms with Crippen molar-refractivity contribution in [2.45, 2.75) is 13.3 Å². The predicted molar refractivity (Wildman–Crippen MR) is 120 cm³/mol. The molecule has 8 heteroatoms. The Labute approximate surface area is 182 Å². The minimum absolute atomic E-state index is 0.0506. The molecule has 2 amide bonds. The summed E-state index contributed by atoms with van der Waals surface area (Å²) in [5.74, 6) is -0.774. The quantitative estimate of drug-likeness (QED) is 0.335. The van der Waals surface area contributed by atoms with Crippen molar-refractivity contribution in [3.05, 3.63) is 72.0 Å². The van der Waals surface area contributed by atoms with Crippen molar-refractivity contribution in [3.8, 4) is 5.75 Å². The van der Waals surface area contributed by atoms with Crippen molar-refractivity contribution in [1.29, 1.82) is 0 Å². The maximum absolute atomic E-state index is 13.0. The van der Waals surface area contributed by atoms with E-state index in [4.69, 9.17) is 9.15 Å². The molecule has 2 N–H and O–H groups in total. The number of carbonyl (C=O) groups is 2. The van der Waals surface area contributed by atoms with Crippen molar-refractivity contribution in [1.82, 2.24) is 5.43 Å². The van der Waals surface area contributed by atoms with Crippen molar-refractivity contribution in [3.63, 3.8) is 0 Å². The number of hydrazone groups is 1. The lowest BCUT2D eigenvalue weighted by molar-refractivity contribution is -0.115. The number of anilines is 1. The van der Waals surface area contributed by atoms with Gasteiger partial charge in [-0.25, -0.2) is 9.82 Å².